The molecule has 1 aliphatic rings. The van der Waals surface area contributed by atoms with Crippen LogP contribution in [0, 0.1) is 0 Å². The van der Waals surface area contributed by atoms with E-state index in [0.717, 1.165) is 44.2 Å². The molecule has 2 rings (SSSR count). The third kappa shape index (κ3) is 3.87. The molecule has 1 saturated heterocycles. The summed E-state index contributed by atoms with van der Waals surface area (Å²) in [4.78, 5) is 15.0. The highest BCUT2D eigenvalue weighted by atomic mass is 35.5. The van der Waals surface area contributed by atoms with Crippen LogP contribution < -0.4 is 0 Å². The molecule has 3 nitrogen and oxygen atoms in total. The van der Waals surface area contributed by atoms with E-state index >= 15 is 0 Å². The Morgan fingerprint density at radius 3 is 2.28 bits per heavy atom. The van der Waals surface area contributed by atoms with Crippen LogP contribution in [0.3, 0.4) is 0 Å². The molecular formula is C13H16Cl2N2O. The third-order valence-corrected chi connectivity index (χ3v) is 3.74. The molecule has 1 fully saturated rings. The standard InChI is InChI=1S/C13H16Cl2N2O/c14-12-3-1-11(2-4-12)5-6-16-7-9-17(10-8-16)13(15)18/h1-4H,5-10H2. The van der Waals surface area contributed by atoms with E-state index in [0.29, 0.717) is 0 Å². The largest absolute Gasteiger partial charge is 0.327 e. The van der Waals surface area contributed by atoms with Crippen molar-refractivity contribution in [1.82, 2.24) is 9.80 Å². The van der Waals surface area contributed by atoms with Crippen LogP contribution in [-0.2, 0) is 6.42 Å². The van der Waals surface area contributed by atoms with Gasteiger partial charge in [-0.1, -0.05) is 23.7 Å². The van der Waals surface area contributed by atoms with Crippen LogP contribution >= 0.6 is 23.2 Å². The number of piperazine rings is 1. The van der Waals surface area contributed by atoms with Gasteiger partial charge in [-0.25, -0.2) is 0 Å². The van der Waals surface area contributed by atoms with Crippen molar-refractivity contribution in [3.63, 3.8) is 0 Å². The monoisotopic (exact) mass is 286 g/mol. The zero-order valence-electron chi connectivity index (χ0n) is 10.1. The maximum Gasteiger partial charge on any atom is 0.316 e. The first-order valence-electron chi connectivity index (χ1n) is 6.06. The molecule has 1 aromatic carbocycles. The molecule has 1 aliphatic heterocycles. The average molecular weight is 287 g/mol. The molecule has 5 heteroatoms. The van der Waals surface area contributed by atoms with Gasteiger partial charge in [-0.2, -0.15) is 0 Å². The summed E-state index contributed by atoms with van der Waals surface area (Å²) in [6.07, 6.45) is 1.01. The predicted molar refractivity (Wildman–Crippen MR) is 74.4 cm³/mol. The second-order valence-corrected chi connectivity index (χ2v) is 5.22. The highest BCUT2D eigenvalue weighted by Crippen LogP contribution is 2.11. The Bertz CT molecular complexity index is 400. The zero-order valence-corrected chi connectivity index (χ0v) is 11.6. The van der Waals surface area contributed by atoms with Crippen molar-refractivity contribution in [3.05, 3.63) is 34.9 Å². The Balaban J connectivity index is 1.75. The van der Waals surface area contributed by atoms with E-state index < -0.39 is 0 Å². The minimum absolute atomic E-state index is 0.340. The average Bonchev–Trinajstić information content (AvgIpc) is 2.38. The number of rotatable bonds is 3. The number of halogens is 2. The molecule has 0 saturated carbocycles. The molecule has 98 valence electrons. The number of hydrogen-bond acceptors (Lipinski definition) is 2. The van der Waals surface area contributed by atoms with E-state index in [1.165, 1.54) is 5.56 Å². The zero-order chi connectivity index (χ0) is 13.0. The smallest absolute Gasteiger partial charge is 0.316 e. The molecule has 0 bridgehead atoms. The van der Waals surface area contributed by atoms with Crippen molar-refractivity contribution in [1.29, 1.82) is 0 Å². The highest BCUT2D eigenvalue weighted by molar-refractivity contribution is 6.62. The summed E-state index contributed by atoms with van der Waals surface area (Å²) < 4.78 is 0. The molecule has 0 aromatic heterocycles. The molecule has 1 aromatic rings. The van der Waals surface area contributed by atoms with E-state index in [1.54, 1.807) is 4.90 Å². The summed E-state index contributed by atoms with van der Waals surface area (Å²) in [6, 6.07) is 7.95. The van der Waals surface area contributed by atoms with Crippen LogP contribution in [0.4, 0.5) is 4.79 Å². The third-order valence-electron chi connectivity index (χ3n) is 3.25. The van der Waals surface area contributed by atoms with Crippen LogP contribution in [-0.4, -0.2) is 47.9 Å². The first kappa shape index (κ1) is 13.7. The van der Waals surface area contributed by atoms with Crippen LogP contribution in [0.1, 0.15) is 5.56 Å². The van der Waals surface area contributed by atoms with Gasteiger partial charge in [0.25, 0.3) is 0 Å². The molecule has 0 unspecified atom stereocenters. The number of carbonyl (C=O) groups is 1. The molecular weight excluding hydrogens is 271 g/mol. The number of nitrogens with zero attached hydrogens (tertiary/aromatic N) is 2. The van der Waals surface area contributed by atoms with E-state index in [9.17, 15) is 4.79 Å². The molecule has 0 aliphatic carbocycles. The predicted octanol–water partition coefficient (Wildman–Crippen LogP) is 2.86. The Hall–Kier alpha value is -0.770. The second-order valence-electron chi connectivity index (χ2n) is 4.46. The second kappa shape index (κ2) is 6.41. The molecule has 0 atom stereocenters. The lowest BCUT2D eigenvalue weighted by Gasteiger charge is -2.33. The van der Waals surface area contributed by atoms with Gasteiger partial charge in [0, 0.05) is 37.7 Å². The number of amides is 1. The number of benzene rings is 1. The van der Waals surface area contributed by atoms with Crippen molar-refractivity contribution in [2.24, 2.45) is 0 Å². The van der Waals surface area contributed by atoms with Crippen molar-refractivity contribution >= 4 is 28.6 Å². The van der Waals surface area contributed by atoms with Gasteiger partial charge in [0.1, 0.15) is 0 Å². The maximum absolute atomic E-state index is 11.0. The van der Waals surface area contributed by atoms with E-state index in [2.05, 4.69) is 17.0 Å². The van der Waals surface area contributed by atoms with Gasteiger partial charge in [-0.05, 0) is 35.7 Å². The maximum atomic E-state index is 11.0. The van der Waals surface area contributed by atoms with Crippen LogP contribution in [0.2, 0.25) is 5.02 Å². The highest BCUT2D eigenvalue weighted by Gasteiger charge is 2.19. The molecule has 0 N–H and O–H groups in total. The normalized spacial score (nSPS) is 16.9. The van der Waals surface area contributed by atoms with Gasteiger partial charge in [0.05, 0.1) is 0 Å². The fraction of sp³-hybridized carbons (Fsp3) is 0.462. The Morgan fingerprint density at radius 1 is 1.11 bits per heavy atom. The summed E-state index contributed by atoms with van der Waals surface area (Å²) in [5, 5.41) is 0.431. The Kier molecular flexibility index (Phi) is 4.87. The topological polar surface area (TPSA) is 23.6 Å². The van der Waals surface area contributed by atoms with Gasteiger partial charge in [-0.15, -0.1) is 0 Å². The Labute approximate surface area is 117 Å². The quantitative estimate of drug-likeness (QED) is 0.630. The molecule has 1 amide bonds. The summed E-state index contributed by atoms with van der Waals surface area (Å²) in [7, 11) is 0. The van der Waals surface area contributed by atoms with E-state index in [-0.39, 0.29) is 5.37 Å². The SMILES string of the molecule is O=C(Cl)N1CCN(CCc2ccc(Cl)cc2)CC1. The first-order chi connectivity index (χ1) is 8.65. The van der Waals surface area contributed by atoms with E-state index in [1.807, 2.05) is 12.1 Å². The summed E-state index contributed by atoms with van der Waals surface area (Å²) in [6.45, 7) is 4.25. The van der Waals surface area contributed by atoms with Crippen molar-refractivity contribution < 1.29 is 4.79 Å². The molecule has 0 radical (unpaired) electrons. The van der Waals surface area contributed by atoms with Gasteiger partial charge in [-0.3, -0.25) is 9.69 Å². The fourth-order valence-corrected chi connectivity index (χ4v) is 2.38. The minimum Gasteiger partial charge on any atom is -0.327 e. The summed E-state index contributed by atoms with van der Waals surface area (Å²) >= 11 is 11.3. The Morgan fingerprint density at radius 2 is 1.72 bits per heavy atom. The summed E-state index contributed by atoms with van der Waals surface area (Å²) in [5.74, 6) is 0. The lowest BCUT2D eigenvalue weighted by Crippen LogP contribution is -2.47. The lowest BCUT2D eigenvalue weighted by molar-refractivity contribution is 0.154. The van der Waals surface area contributed by atoms with Crippen molar-refractivity contribution in [3.8, 4) is 0 Å². The molecule has 1 heterocycles. The van der Waals surface area contributed by atoms with Gasteiger partial charge < -0.3 is 4.90 Å². The van der Waals surface area contributed by atoms with Crippen molar-refractivity contribution in [2.75, 3.05) is 32.7 Å². The fourth-order valence-electron chi connectivity index (χ4n) is 2.09. The van der Waals surface area contributed by atoms with Crippen LogP contribution in [0.5, 0.6) is 0 Å². The van der Waals surface area contributed by atoms with Crippen LogP contribution in [0.15, 0.2) is 24.3 Å². The lowest BCUT2D eigenvalue weighted by atomic mass is 10.1. The van der Waals surface area contributed by atoms with Crippen LogP contribution in [0.25, 0.3) is 0 Å². The number of carbonyl (C=O) groups excluding carboxylic acids is 1. The van der Waals surface area contributed by atoms with Gasteiger partial charge >= 0.3 is 5.37 Å². The van der Waals surface area contributed by atoms with Crippen molar-refractivity contribution in [2.45, 2.75) is 6.42 Å². The van der Waals surface area contributed by atoms with Gasteiger partial charge in [0.2, 0.25) is 0 Å². The van der Waals surface area contributed by atoms with Gasteiger partial charge in [0.15, 0.2) is 0 Å². The van der Waals surface area contributed by atoms with E-state index in [4.69, 9.17) is 23.2 Å². The number of hydrogen-bond donors (Lipinski definition) is 0. The molecule has 0 spiro atoms. The minimum atomic E-state index is -0.340. The first-order valence-corrected chi connectivity index (χ1v) is 6.82. The summed E-state index contributed by atoms with van der Waals surface area (Å²) in [5.41, 5.74) is 1.29. The molecule has 18 heavy (non-hydrogen) atoms.